The molecule has 0 heterocycles. The standard InChI is InChI=1S/C18H30O2/c1-3-4-15-20-16-9-7-5-6-8-10-17-11-13-18(19-2)14-12-17/h11-14H,3-10,15-16H2,1-2H3. The summed E-state index contributed by atoms with van der Waals surface area (Å²) < 4.78 is 10.7. The Morgan fingerprint density at radius 1 is 0.800 bits per heavy atom. The predicted octanol–water partition coefficient (Wildman–Crippen LogP) is 5.00. The van der Waals surface area contributed by atoms with E-state index in [4.69, 9.17) is 9.47 Å². The van der Waals surface area contributed by atoms with Crippen LogP contribution in [0.2, 0.25) is 0 Å². The Balaban J connectivity index is 1.91. The summed E-state index contributed by atoms with van der Waals surface area (Å²) in [5, 5.41) is 0. The summed E-state index contributed by atoms with van der Waals surface area (Å²) in [6.07, 6.45) is 10.0. The molecule has 0 N–H and O–H groups in total. The van der Waals surface area contributed by atoms with Gasteiger partial charge in [-0.3, -0.25) is 0 Å². The van der Waals surface area contributed by atoms with E-state index in [1.54, 1.807) is 7.11 Å². The summed E-state index contributed by atoms with van der Waals surface area (Å²) in [6, 6.07) is 8.42. The van der Waals surface area contributed by atoms with E-state index in [-0.39, 0.29) is 0 Å². The maximum absolute atomic E-state index is 5.56. The van der Waals surface area contributed by atoms with E-state index in [0.29, 0.717) is 0 Å². The first kappa shape index (κ1) is 17.0. The molecule has 0 aliphatic heterocycles. The fourth-order valence-electron chi connectivity index (χ4n) is 2.20. The molecule has 1 aromatic carbocycles. The lowest BCUT2D eigenvalue weighted by atomic mass is 10.1. The third-order valence-corrected chi connectivity index (χ3v) is 3.56. The number of unbranched alkanes of at least 4 members (excludes halogenated alkanes) is 5. The van der Waals surface area contributed by atoms with Gasteiger partial charge in [-0.2, -0.15) is 0 Å². The van der Waals surface area contributed by atoms with E-state index >= 15 is 0 Å². The lowest BCUT2D eigenvalue weighted by Gasteiger charge is -2.05. The van der Waals surface area contributed by atoms with Gasteiger partial charge in [0.1, 0.15) is 5.75 Å². The highest BCUT2D eigenvalue weighted by Crippen LogP contribution is 2.14. The molecule has 0 atom stereocenters. The third-order valence-electron chi connectivity index (χ3n) is 3.56. The van der Waals surface area contributed by atoms with E-state index in [9.17, 15) is 0 Å². The van der Waals surface area contributed by atoms with Crippen molar-refractivity contribution in [2.45, 2.75) is 58.3 Å². The van der Waals surface area contributed by atoms with Crippen LogP contribution in [0.15, 0.2) is 24.3 Å². The number of aryl methyl sites for hydroxylation is 1. The second-order valence-electron chi connectivity index (χ2n) is 5.33. The van der Waals surface area contributed by atoms with E-state index < -0.39 is 0 Å². The minimum absolute atomic E-state index is 0.938. The smallest absolute Gasteiger partial charge is 0.118 e. The van der Waals surface area contributed by atoms with Crippen molar-refractivity contribution in [3.05, 3.63) is 29.8 Å². The molecule has 1 rings (SSSR count). The van der Waals surface area contributed by atoms with Crippen molar-refractivity contribution in [1.29, 1.82) is 0 Å². The van der Waals surface area contributed by atoms with Crippen molar-refractivity contribution in [3.8, 4) is 5.75 Å². The first-order chi connectivity index (χ1) is 9.86. The Morgan fingerprint density at radius 3 is 2.15 bits per heavy atom. The van der Waals surface area contributed by atoms with Gasteiger partial charge in [0.25, 0.3) is 0 Å². The zero-order valence-electron chi connectivity index (χ0n) is 13.2. The molecule has 0 saturated heterocycles. The SMILES string of the molecule is CCCCOCCCCCCCc1ccc(OC)cc1. The minimum Gasteiger partial charge on any atom is -0.497 e. The summed E-state index contributed by atoms with van der Waals surface area (Å²) in [5.41, 5.74) is 1.41. The van der Waals surface area contributed by atoms with Gasteiger partial charge in [-0.25, -0.2) is 0 Å². The second-order valence-corrected chi connectivity index (χ2v) is 5.33. The van der Waals surface area contributed by atoms with Crippen molar-refractivity contribution in [2.24, 2.45) is 0 Å². The minimum atomic E-state index is 0.938. The van der Waals surface area contributed by atoms with Crippen molar-refractivity contribution < 1.29 is 9.47 Å². The van der Waals surface area contributed by atoms with E-state index in [2.05, 4.69) is 19.1 Å². The molecule has 2 nitrogen and oxygen atoms in total. The average molecular weight is 278 g/mol. The number of rotatable bonds is 12. The summed E-state index contributed by atoms with van der Waals surface area (Å²) in [4.78, 5) is 0. The summed E-state index contributed by atoms with van der Waals surface area (Å²) in [5.74, 6) is 0.942. The van der Waals surface area contributed by atoms with E-state index in [1.165, 1.54) is 56.9 Å². The lowest BCUT2D eigenvalue weighted by Crippen LogP contribution is -1.96. The van der Waals surface area contributed by atoms with Crippen molar-refractivity contribution in [2.75, 3.05) is 20.3 Å². The maximum Gasteiger partial charge on any atom is 0.118 e. The number of methoxy groups -OCH3 is 1. The van der Waals surface area contributed by atoms with Gasteiger partial charge in [0, 0.05) is 13.2 Å². The first-order valence-electron chi connectivity index (χ1n) is 8.07. The molecule has 1 aromatic rings. The molecule has 0 spiro atoms. The normalized spacial score (nSPS) is 10.7. The first-order valence-corrected chi connectivity index (χ1v) is 8.07. The maximum atomic E-state index is 5.56. The van der Waals surface area contributed by atoms with Gasteiger partial charge in [0.05, 0.1) is 7.11 Å². The molecular formula is C18H30O2. The van der Waals surface area contributed by atoms with Crippen LogP contribution in [-0.2, 0) is 11.2 Å². The van der Waals surface area contributed by atoms with Gasteiger partial charge in [-0.15, -0.1) is 0 Å². The molecule has 0 aliphatic carbocycles. The molecule has 0 radical (unpaired) electrons. The van der Waals surface area contributed by atoms with Gasteiger partial charge < -0.3 is 9.47 Å². The topological polar surface area (TPSA) is 18.5 Å². The number of hydrogen-bond donors (Lipinski definition) is 0. The molecular weight excluding hydrogens is 248 g/mol. The zero-order valence-corrected chi connectivity index (χ0v) is 13.2. The van der Waals surface area contributed by atoms with Crippen LogP contribution in [0, 0.1) is 0 Å². The van der Waals surface area contributed by atoms with Crippen LogP contribution in [0.4, 0.5) is 0 Å². The van der Waals surface area contributed by atoms with Gasteiger partial charge in [-0.05, 0) is 43.4 Å². The largest absolute Gasteiger partial charge is 0.497 e. The van der Waals surface area contributed by atoms with Crippen LogP contribution in [0.1, 0.15) is 57.4 Å². The van der Waals surface area contributed by atoms with Gasteiger partial charge in [0.2, 0.25) is 0 Å². The summed E-state index contributed by atoms with van der Waals surface area (Å²) in [7, 11) is 1.71. The third kappa shape index (κ3) is 8.21. The monoisotopic (exact) mass is 278 g/mol. The van der Waals surface area contributed by atoms with Crippen molar-refractivity contribution in [3.63, 3.8) is 0 Å². The number of hydrogen-bond acceptors (Lipinski definition) is 2. The van der Waals surface area contributed by atoms with Gasteiger partial charge >= 0.3 is 0 Å². The summed E-state index contributed by atoms with van der Waals surface area (Å²) >= 11 is 0. The molecule has 2 heteroatoms. The van der Waals surface area contributed by atoms with Crippen LogP contribution in [0.25, 0.3) is 0 Å². The zero-order chi connectivity index (χ0) is 14.5. The molecule has 114 valence electrons. The number of benzene rings is 1. The number of ether oxygens (including phenoxy) is 2. The van der Waals surface area contributed by atoms with Crippen LogP contribution in [0.5, 0.6) is 5.75 Å². The molecule has 0 fully saturated rings. The molecule has 0 saturated carbocycles. The quantitative estimate of drug-likeness (QED) is 0.501. The van der Waals surface area contributed by atoms with Crippen LogP contribution < -0.4 is 4.74 Å². The molecule has 0 unspecified atom stereocenters. The Hall–Kier alpha value is -1.02. The van der Waals surface area contributed by atoms with E-state index in [0.717, 1.165) is 19.0 Å². The Kier molecular flexibility index (Phi) is 10.0. The van der Waals surface area contributed by atoms with E-state index in [1.807, 2.05) is 12.1 Å². The van der Waals surface area contributed by atoms with Crippen molar-refractivity contribution >= 4 is 0 Å². The Bertz CT molecular complexity index is 319. The lowest BCUT2D eigenvalue weighted by molar-refractivity contribution is 0.127. The molecule has 0 aliphatic rings. The summed E-state index contributed by atoms with van der Waals surface area (Å²) in [6.45, 7) is 4.08. The van der Waals surface area contributed by atoms with Crippen LogP contribution in [0.3, 0.4) is 0 Å². The fraction of sp³-hybridized carbons (Fsp3) is 0.667. The van der Waals surface area contributed by atoms with Gasteiger partial charge in [-0.1, -0.05) is 44.7 Å². The van der Waals surface area contributed by atoms with Crippen molar-refractivity contribution in [1.82, 2.24) is 0 Å². The van der Waals surface area contributed by atoms with Crippen LogP contribution in [-0.4, -0.2) is 20.3 Å². The molecule has 20 heavy (non-hydrogen) atoms. The fourth-order valence-corrected chi connectivity index (χ4v) is 2.20. The predicted molar refractivity (Wildman–Crippen MR) is 85.5 cm³/mol. The molecule has 0 aromatic heterocycles. The highest BCUT2D eigenvalue weighted by Gasteiger charge is 1.96. The highest BCUT2D eigenvalue weighted by molar-refractivity contribution is 5.27. The molecule has 0 bridgehead atoms. The van der Waals surface area contributed by atoms with Gasteiger partial charge in [0.15, 0.2) is 0 Å². The average Bonchev–Trinajstić information content (AvgIpc) is 2.50. The Morgan fingerprint density at radius 2 is 1.45 bits per heavy atom. The highest BCUT2D eigenvalue weighted by atomic mass is 16.5. The second kappa shape index (κ2) is 11.8. The Labute approximate surface area is 124 Å². The molecule has 0 amide bonds. The van der Waals surface area contributed by atoms with Crippen LogP contribution >= 0.6 is 0 Å².